The summed E-state index contributed by atoms with van der Waals surface area (Å²) in [5.41, 5.74) is 3.21. The highest BCUT2D eigenvalue weighted by Gasteiger charge is 2.28. The van der Waals surface area contributed by atoms with E-state index in [9.17, 15) is 0 Å². The number of piperidine rings is 1. The van der Waals surface area contributed by atoms with Crippen molar-refractivity contribution in [1.82, 2.24) is 9.80 Å². The molecule has 3 nitrogen and oxygen atoms in total. The van der Waals surface area contributed by atoms with Crippen LogP contribution in [0.25, 0.3) is 0 Å². The minimum absolute atomic E-state index is 0.485. The lowest BCUT2D eigenvalue weighted by Gasteiger charge is -2.40. The average Bonchev–Trinajstić information content (AvgIpc) is 2.61. The van der Waals surface area contributed by atoms with Crippen molar-refractivity contribution in [1.29, 1.82) is 0 Å². The third-order valence-corrected chi connectivity index (χ3v) is 6.32. The molecular formula is C22H37N3. The fourth-order valence-corrected chi connectivity index (χ4v) is 4.29. The quantitative estimate of drug-likeness (QED) is 0.821. The van der Waals surface area contributed by atoms with Gasteiger partial charge in [-0.05, 0) is 56.3 Å². The van der Waals surface area contributed by atoms with Gasteiger partial charge in [-0.15, -0.1) is 0 Å². The van der Waals surface area contributed by atoms with Gasteiger partial charge >= 0.3 is 0 Å². The summed E-state index contributed by atoms with van der Waals surface area (Å²) >= 11 is 0. The number of nitrogens with zero attached hydrogens (tertiary/aromatic N) is 3. The molecule has 25 heavy (non-hydrogen) atoms. The predicted octanol–water partition coefficient (Wildman–Crippen LogP) is 3.88. The van der Waals surface area contributed by atoms with E-state index in [1.807, 2.05) is 0 Å². The SMILES string of the molecule is Cc1ccc(N2CCN(CCN3CCC(C(C)(C)C)CC3)CC2)cc1. The molecule has 2 saturated heterocycles. The van der Waals surface area contributed by atoms with Gasteiger partial charge in [0.05, 0.1) is 0 Å². The van der Waals surface area contributed by atoms with Crippen LogP contribution in [0.4, 0.5) is 5.69 Å². The van der Waals surface area contributed by atoms with E-state index in [0.717, 1.165) is 19.0 Å². The number of rotatable bonds is 4. The normalized spacial score (nSPS) is 21.7. The first-order valence-electron chi connectivity index (χ1n) is 10.2. The molecule has 0 amide bonds. The number of anilines is 1. The standard InChI is InChI=1S/C22H37N3/c1-19-5-7-21(8-6-19)25-17-15-24(16-18-25)14-13-23-11-9-20(10-12-23)22(2,3)4/h5-8,20H,9-18H2,1-4H3. The van der Waals surface area contributed by atoms with Crippen molar-refractivity contribution in [3.8, 4) is 0 Å². The Morgan fingerprint density at radius 1 is 0.800 bits per heavy atom. The number of piperazine rings is 1. The topological polar surface area (TPSA) is 9.72 Å². The van der Waals surface area contributed by atoms with Crippen LogP contribution in [0.5, 0.6) is 0 Å². The highest BCUT2D eigenvalue weighted by atomic mass is 15.3. The molecule has 0 spiro atoms. The van der Waals surface area contributed by atoms with Crippen LogP contribution in [-0.4, -0.2) is 62.2 Å². The van der Waals surface area contributed by atoms with Crippen molar-refractivity contribution >= 4 is 5.69 Å². The van der Waals surface area contributed by atoms with Gasteiger partial charge in [-0.2, -0.15) is 0 Å². The molecule has 1 aromatic rings. The highest BCUT2D eigenvalue weighted by molar-refractivity contribution is 5.47. The fraction of sp³-hybridized carbons (Fsp3) is 0.727. The maximum absolute atomic E-state index is 2.69. The fourth-order valence-electron chi connectivity index (χ4n) is 4.29. The minimum Gasteiger partial charge on any atom is -0.369 e. The van der Waals surface area contributed by atoms with Gasteiger partial charge in [0, 0.05) is 45.0 Å². The Balaban J connectivity index is 1.36. The van der Waals surface area contributed by atoms with Gasteiger partial charge in [0.1, 0.15) is 0 Å². The first kappa shape index (κ1) is 18.7. The van der Waals surface area contributed by atoms with E-state index in [2.05, 4.69) is 66.7 Å². The van der Waals surface area contributed by atoms with E-state index < -0.39 is 0 Å². The number of aryl methyl sites for hydroxylation is 1. The summed E-state index contributed by atoms with van der Waals surface area (Å²) in [7, 11) is 0. The predicted molar refractivity (Wildman–Crippen MR) is 108 cm³/mol. The lowest BCUT2D eigenvalue weighted by molar-refractivity contribution is 0.101. The van der Waals surface area contributed by atoms with E-state index in [1.54, 1.807) is 0 Å². The zero-order chi connectivity index (χ0) is 17.9. The van der Waals surface area contributed by atoms with Crippen LogP contribution in [0.15, 0.2) is 24.3 Å². The van der Waals surface area contributed by atoms with E-state index in [4.69, 9.17) is 0 Å². The number of likely N-dealkylation sites (tertiary alicyclic amines) is 1. The molecule has 140 valence electrons. The molecule has 2 aliphatic rings. The third-order valence-electron chi connectivity index (χ3n) is 6.32. The molecule has 2 aliphatic heterocycles. The summed E-state index contributed by atoms with van der Waals surface area (Å²) in [4.78, 5) is 7.87. The largest absolute Gasteiger partial charge is 0.369 e. The van der Waals surface area contributed by atoms with Crippen LogP contribution in [0.1, 0.15) is 39.2 Å². The Labute approximate surface area is 155 Å². The van der Waals surface area contributed by atoms with E-state index in [1.165, 1.54) is 63.4 Å². The third kappa shape index (κ3) is 5.21. The molecule has 2 heterocycles. The van der Waals surface area contributed by atoms with Crippen LogP contribution >= 0.6 is 0 Å². The van der Waals surface area contributed by atoms with Crippen molar-refractivity contribution in [3.05, 3.63) is 29.8 Å². The summed E-state index contributed by atoms with van der Waals surface area (Å²) in [5.74, 6) is 0.904. The molecule has 0 N–H and O–H groups in total. The Hall–Kier alpha value is -1.06. The van der Waals surface area contributed by atoms with Crippen LogP contribution in [-0.2, 0) is 0 Å². The van der Waals surface area contributed by atoms with Gasteiger partial charge < -0.3 is 9.80 Å². The molecule has 0 bridgehead atoms. The van der Waals surface area contributed by atoms with E-state index in [-0.39, 0.29) is 0 Å². The van der Waals surface area contributed by atoms with Gasteiger partial charge in [-0.25, -0.2) is 0 Å². The second-order valence-electron chi connectivity index (χ2n) is 9.15. The van der Waals surface area contributed by atoms with Gasteiger partial charge in [0.2, 0.25) is 0 Å². The molecule has 0 saturated carbocycles. The summed E-state index contributed by atoms with van der Waals surface area (Å²) in [5, 5.41) is 0. The van der Waals surface area contributed by atoms with Crippen molar-refractivity contribution < 1.29 is 0 Å². The van der Waals surface area contributed by atoms with Crippen LogP contribution in [0.3, 0.4) is 0 Å². The average molecular weight is 344 g/mol. The zero-order valence-electron chi connectivity index (χ0n) is 16.8. The maximum atomic E-state index is 2.69. The molecule has 0 aromatic heterocycles. The maximum Gasteiger partial charge on any atom is 0.0367 e. The van der Waals surface area contributed by atoms with Gasteiger partial charge in [-0.3, -0.25) is 4.90 Å². The van der Waals surface area contributed by atoms with E-state index in [0.29, 0.717) is 5.41 Å². The van der Waals surface area contributed by atoms with Crippen molar-refractivity contribution in [3.63, 3.8) is 0 Å². The minimum atomic E-state index is 0.485. The Morgan fingerprint density at radius 3 is 1.84 bits per heavy atom. The molecule has 0 unspecified atom stereocenters. The molecule has 0 atom stereocenters. The molecule has 2 fully saturated rings. The lowest BCUT2D eigenvalue weighted by Crippen LogP contribution is -2.49. The monoisotopic (exact) mass is 343 g/mol. The van der Waals surface area contributed by atoms with Gasteiger partial charge in [-0.1, -0.05) is 38.5 Å². The lowest BCUT2D eigenvalue weighted by atomic mass is 9.75. The first-order valence-corrected chi connectivity index (χ1v) is 10.2. The Bertz CT molecular complexity index is 515. The molecule has 0 aliphatic carbocycles. The highest BCUT2D eigenvalue weighted by Crippen LogP contribution is 2.34. The van der Waals surface area contributed by atoms with Crippen LogP contribution in [0.2, 0.25) is 0 Å². The summed E-state index contributed by atoms with van der Waals surface area (Å²) in [6.07, 6.45) is 2.76. The van der Waals surface area contributed by atoms with Gasteiger partial charge in [0.25, 0.3) is 0 Å². The molecular weight excluding hydrogens is 306 g/mol. The summed E-state index contributed by atoms with van der Waals surface area (Å²) in [6.45, 7) is 19.2. The second kappa shape index (κ2) is 8.09. The number of hydrogen-bond donors (Lipinski definition) is 0. The smallest absolute Gasteiger partial charge is 0.0367 e. The molecule has 3 heteroatoms. The number of hydrogen-bond acceptors (Lipinski definition) is 3. The van der Waals surface area contributed by atoms with Crippen molar-refractivity contribution in [2.24, 2.45) is 11.3 Å². The van der Waals surface area contributed by atoms with Crippen molar-refractivity contribution in [2.45, 2.75) is 40.5 Å². The van der Waals surface area contributed by atoms with Gasteiger partial charge in [0.15, 0.2) is 0 Å². The zero-order valence-corrected chi connectivity index (χ0v) is 16.8. The van der Waals surface area contributed by atoms with Crippen molar-refractivity contribution in [2.75, 3.05) is 57.3 Å². The van der Waals surface area contributed by atoms with Crippen LogP contribution < -0.4 is 4.90 Å². The molecule has 3 rings (SSSR count). The molecule has 0 radical (unpaired) electrons. The number of benzene rings is 1. The summed E-state index contributed by atoms with van der Waals surface area (Å²) in [6, 6.07) is 8.99. The Kier molecular flexibility index (Phi) is 6.06. The summed E-state index contributed by atoms with van der Waals surface area (Å²) < 4.78 is 0. The Morgan fingerprint density at radius 2 is 1.32 bits per heavy atom. The van der Waals surface area contributed by atoms with E-state index >= 15 is 0 Å². The molecule has 1 aromatic carbocycles. The first-order chi connectivity index (χ1) is 11.9. The van der Waals surface area contributed by atoms with Crippen LogP contribution in [0, 0.1) is 18.3 Å². The second-order valence-corrected chi connectivity index (χ2v) is 9.15.